The number of fused-ring (bicyclic) bond motifs is 6. The number of nitrogens with zero attached hydrogens (tertiary/aromatic N) is 4. The van der Waals surface area contributed by atoms with E-state index in [-0.39, 0.29) is 0 Å². The third-order valence-electron chi connectivity index (χ3n) is 9.09. The zero-order valence-corrected chi connectivity index (χ0v) is 29.5. The van der Waals surface area contributed by atoms with Gasteiger partial charge in [-0.2, -0.15) is 0 Å². The Morgan fingerprint density at radius 3 is 1.92 bits per heavy atom. The zero-order valence-electron chi connectivity index (χ0n) is 28.6. The Morgan fingerprint density at radius 1 is 0.596 bits per heavy atom. The summed E-state index contributed by atoms with van der Waals surface area (Å²) in [6, 6.07) is 49.0. The van der Waals surface area contributed by atoms with Crippen molar-refractivity contribution in [2.24, 2.45) is 4.99 Å². The van der Waals surface area contributed by atoms with E-state index >= 15 is 0 Å². The van der Waals surface area contributed by atoms with E-state index in [1.807, 2.05) is 73.4 Å². The summed E-state index contributed by atoms with van der Waals surface area (Å²) in [6.07, 6.45) is 11.8. The molecular weight excluding hydrogens is 653 g/mol. The van der Waals surface area contributed by atoms with Gasteiger partial charge in [0.15, 0.2) is 5.82 Å². The molecule has 0 saturated carbocycles. The highest BCUT2D eigenvalue weighted by molar-refractivity contribution is 7.99. The average Bonchev–Trinajstić information content (AvgIpc) is 3.23. The van der Waals surface area contributed by atoms with Crippen LogP contribution in [-0.4, -0.2) is 21.7 Å². The number of benzene rings is 5. The Labute approximate surface area is 308 Å². The quantitative estimate of drug-likeness (QED) is 0.129. The van der Waals surface area contributed by atoms with Crippen molar-refractivity contribution in [3.63, 3.8) is 0 Å². The minimum atomic E-state index is 0.663. The highest BCUT2D eigenvalue weighted by Gasteiger charge is 2.17. The van der Waals surface area contributed by atoms with Crippen LogP contribution in [0.25, 0.3) is 73.9 Å². The van der Waals surface area contributed by atoms with Gasteiger partial charge in [-0.3, -0.25) is 9.98 Å². The average molecular weight is 687 g/mol. The van der Waals surface area contributed by atoms with Crippen molar-refractivity contribution in [2.45, 2.75) is 16.7 Å². The Kier molecular flexibility index (Phi) is 9.33. The Hall–Kier alpha value is -6.43. The highest BCUT2D eigenvalue weighted by Crippen LogP contribution is 2.44. The van der Waals surface area contributed by atoms with Crippen LogP contribution in [0.3, 0.4) is 0 Å². The molecular formula is C47H34N4S. The second-order valence-corrected chi connectivity index (χ2v) is 13.5. The van der Waals surface area contributed by atoms with Crippen molar-refractivity contribution in [2.75, 3.05) is 0 Å². The maximum Gasteiger partial charge on any atom is 0.160 e. The van der Waals surface area contributed by atoms with Gasteiger partial charge < -0.3 is 0 Å². The maximum absolute atomic E-state index is 5.16. The zero-order chi connectivity index (χ0) is 35.3. The van der Waals surface area contributed by atoms with Crippen LogP contribution in [0.2, 0.25) is 0 Å². The van der Waals surface area contributed by atoms with Gasteiger partial charge in [0.2, 0.25) is 0 Å². The normalized spacial score (nSPS) is 12.9. The minimum Gasteiger partial charge on any atom is -0.273 e. The molecule has 0 atom stereocenters. The van der Waals surface area contributed by atoms with Gasteiger partial charge in [0, 0.05) is 38.9 Å². The lowest BCUT2D eigenvalue weighted by molar-refractivity contribution is 1.17. The summed E-state index contributed by atoms with van der Waals surface area (Å²) in [5.74, 6) is 0.663. The van der Waals surface area contributed by atoms with Gasteiger partial charge in [0.05, 0.1) is 17.1 Å². The van der Waals surface area contributed by atoms with E-state index in [1.54, 1.807) is 6.20 Å². The largest absolute Gasteiger partial charge is 0.273 e. The number of rotatable bonds is 6. The topological polar surface area (TPSA) is 51.0 Å². The summed E-state index contributed by atoms with van der Waals surface area (Å²) in [6.45, 7) is 5.53. The van der Waals surface area contributed by atoms with Crippen LogP contribution in [-0.2, 0) is 0 Å². The second kappa shape index (κ2) is 14.8. The summed E-state index contributed by atoms with van der Waals surface area (Å²) in [7, 11) is 0. The Bertz CT molecular complexity index is 2510. The minimum absolute atomic E-state index is 0.663. The summed E-state index contributed by atoms with van der Waals surface area (Å²) in [4.78, 5) is 21.2. The molecule has 0 unspecified atom stereocenters. The molecule has 0 saturated heterocycles. The smallest absolute Gasteiger partial charge is 0.160 e. The van der Waals surface area contributed by atoms with Crippen LogP contribution in [0.4, 0.5) is 0 Å². The maximum atomic E-state index is 5.16. The summed E-state index contributed by atoms with van der Waals surface area (Å²) >= 11 is 1.81. The molecule has 8 rings (SSSR count). The first-order valence-corrected chi connectivity index (χ1v) is 17.9. The van der Waals surface area contributed by atoms with Crippen LogP contribution < -0.4 is 0 Å². The van der Waals surface area contributed by atoms with Crippen molar-refractivity contribution in [1.82, 2.24) is 15.0 Å². The van der Waals surface area contributed by atoms with Crippen molar-refractivity contribution < 1.29 is 0 Å². The fraction of sp³-hybridized carbons (Fsp3) is 0.0213. The summed E-state index contributed by atoms with van der Waals surface area (Å²) < 4.78 is 0. The van der Waals surface area contributed by atoms with Gasteiger partial charge >= 0.3 is 0 Å². The van der Waals surface area contributed by atoms with Gasteiger partial charge in [-0.15, -0.1) is 0 Å². The monoisotopic (exact) mass is 686 g/mol. The number of allylic oxidation sites excluding steroid dienone is 3. The Morgan fingerprint density at radius 2 is 1.21 bits per heavy atom. The van der Waals surface area contributed by atoms with Crippen LogP contribution in [0.5, 0.6) is 0 Å². The molecule has 248 valence electrons. The molecule has 7 aromatic rings. The Balaban J connectivity index is 1.28. The third kappa shape index (κ3) is 6.82. The standard InChI is InChI=1S/C47H34N4S/c1-32(13-12-28-48-2)42-27-26-37(31-49-42)44-30-43(50-47(51-44)35-15-4-3-5-16-35)36-25-24-34-23-22-33-14-6-7-17-38(33)39-18-8-10-20-45(39)52-46-21-11-9-19-40(46)41(34)29-36/h3-31H,2H2,1H3/b23-22-,28-12-,32-13+. The van der Waals surface area contributed by atoms with Crippen molar-refractivity contribution in [3.8, 4) is 56.2 Å². The fourth-order valence-electron chi connectivity index (χ4n) is 6.41. The molecule has 0 radical (unpaired) electrons. The van der Waals surface area contributed by atoms with Gasteiger partial charge in [0.25, 0.3) is 0 Å². The highest BCUT2D eigenvalue weighted by atomic mass is 32.2. The predicted octanol–water partition coefficient (Wildman–Crippen LogP) is 12.5. The molecule has 2 aromatic heterocycles. The van der Waals surface area contributed by atoms with E-state index in [4.69, 9.17) is 15.0 Å². The number of pyridine rings is 1. The van der Waals surface area contributed by atoms with Crippen LogP contribution >= 0.6 is 11.8 Å². The first kappa shape index (κ1) is 32.8. The van der Waals surface area contributed by atoms with E-state index in [1.165, 1.54) is 32.0 Å². The van der Waals surface area contributed by atoms with E-state index in [2.05, 4.69) is 127 Å². The molecule has 0 amide bonds. The summed E-state index contributed by atoms with van der Waals surface area (Å²) in [5.41, 5.74) is 13.5. The van der Waals surface area contributed by atoms with Crippen molar-refractivity contribution in [1.29, 1.82) is 0 Å². The molecule has 5 aromatic carbocycles. The molecule has 0 aliphatic carbocycles. The third-order valence-corrected chi connectivity index (χ3v) is 10.2. The van der Waals surface area contributed by atoms with Crippen molar-refractivity contribution >= 4 is 36.2 Å². The predicted molar refractivity (Wildman–Crippen MR) is 219 cm³/mol. The molecule has 0 spiro atoms. The molecule has 1 aliphatic rings. The van der Waals surface area contributed by atoms with E-state index < -0.39 is 0 Å². The molecule has 0 N–H and O–H groups in total. The molecule has 4 nitrogen and oxygen atoms in total. The molecule has 1 aliphatic heterocycles. The first-order valence-electron chi connectivity index (χ1n) is 17.1. The molecule has 3 heterocycles. The van der Waals surface area contributed by atoms with Gasteiger partial charge in [-0.05, 0) is 95.1 Å². The molecule has 5 heteroatoms. The second-order valence-electron chi connectivity index (χ2n) is 12.5. The van der Waals surface area contributed by atoms with Gasteiger partial charge in [0.1, 0.15) is 0 Å². The van der Waals surface area contributed by atoms with Crippen LogP contribution in [0.15, 0.2) is 179 Å². The van der Waals surface area contributed by atoms with Gasteiger partial charge in [-0.25, -0.2) is 9.97 Å². The van der Waals surface area contributed by atoms with E-state index in [9.17, 15) is 0 Å². The molecule has 52 heavy (non-hydrogen) atoms. The van der Waals surface area contributed by atoms with Gasteiger partial charge in [-0.1, -0.05) is 133 Å². The number of aromatic nitrogens is 3. The lowest BCUT2D eigenvalue weighted by Crippen LogP contribution is -1.97. The molecule has 0 fully saturated rings. The number of aliphatic imine (C=N–C) groups is 1. The fourth-order valence-corrected chi connectivity index (χ4v) is 7.51. The van der Waals surface area contributed by atoms with Crippen molar-refractivity contribution in [3.05, 3.63) is 181 Å². The van der Waals surface area contributed by atoms with Crippen LogP contribution in [0.1, 0.15) is 23.7 Å². The molecule has 0 bridgehead atoms. The number of hydrogen-bond acceptors (Lipinski definition) is 5. The SMILES string of the molecule is C=N/C=C\C=C(/C)c1ccc(-c2cc(-c3ccc4c(c3)-c3ccccc3Sc3ccccc3-c3ccccc3/C=C\4)nc(-c3ccccc3)n2)cn1. The summed E-state index contributed by atoms with van der Waals surface area (Å²) in [5, 5.41) is 0. The van der Waals surface area contributed by atoms with Crippen LogP contribution in [0, 0.1) is 0 Å². The van der Waals surface area contributed by atoms with E-state index in [0.717, 1.165) is 50.5 Å². The lowest BCUT2D eigenvalue weighted by Gasteiger charge is -2.15. The lowest BCUT2D eigenvalue weighted by atomic mass is 9.94. The van der Waals surface area contributed by atoms with E-state index in [0.29, 0.717) is 5.82 Å². The number of hydrogen-bond donors (Lipinski definition) is 0. The first-order chi connectivity index (χ1) is 25.6.